The molecule has 0 radical (unpaired) electrons. The fraction of sp³-hybridized carbons (Fsp3) is 0.600. The maximum absolute atomic E-state index is 10.9. The number of nitrogens with one attached hydrogen (secondary N) is 1. The number of anilines is 1. The number of aryl methyl sites for hydroxylation is 1. The number of nitrogens with zero attached hydrogens (tertiary/aromatic N) is 3. The second kappa shape index (κ2) is 4.83. The van der Waals surface area contributed by atoms with Crippen molar-refractivity contribution in [3.05, 3.63) is 21.1 Å². The third-order valence-electron chi connectivity index (χ3n) is 2.76. The summed E-state index contributed by atoms with van der Waals surface area (Å²) in [5, 5.41) is 13.9. The van der Waals surface area contributed by atoms with Gasteiger partial charge in [0.25, 0.3) is 0 Å². The highest BCUT2D eigenvalue weighted by Gasteiger charge is 2.23. The first-order chi connectivity index (χ1) is 8.08. The molecule has 1 N–H and O–H groups in total. The van der Waals surface area contributed by atoms with Gasteiger partial charge in [-0.05, 0) is 30.9 Å². The summed E-state index contributed by atoms with van der Waals surface area (Å²) in [4.78, 5) is 18.1. The van der Waals surface area contributed by atoms with Crippen LogP contribution in [0.25, 0.3) is 0 Å². The molecule has 0 unspecified atom stereocenters. The molecule has 1 heterocycles. The smallest absolute Gasteiger partial charge is 0.332 e. The van der Waals surface area contributed by atoms with Gasteiger partial charge in [0.2, 0.25) is 11.1 Å². The molecule has 1 aromatic rings. The van der Waals surface area contributed by atoms with Crippen molar-refractivity contribution < 1.29 is 4.92 Å². The van der Waals surface area contributed by atoms with E-state index in [0.29, 0.717) is 6.54 Å². The molecule has 1 aromatic heterocycles. The number of halogens is 1. The molecule has 1 aliphatic carbocycles. The van der Waals surface area contributed by atoms with Crippen molar-refractivity contribution in [2.75, 3.05) is 11.9 Å². The van der Waals surface area contributed by atoms with Gasteiger partial charge in [0, 0.05) is 6.54 Å². The quantitative estimate of drug-likeness (QED) is 0.497. The van der Waals surface area contributed by atoms with Crippen LogP contribution >= 0.6 is 11.6 Å². The van der Waals surface area contributed by atoms with Crippen molar-refractivity contribution >= 4 is 23.1 Å². The monoisotopic (exact) mass is 256 g/mol. The van der Waals surface area contributed by atoms with Gasteiger partial charge in [-0.15, -0.1) is 0 Å². The Kier molecular flexibility index (Phi) is 3.42. The summed E-state index contributed by atoms with van der Waals surface area (Å²) in [6.07, 6.45) is 3.53. The van der Waals surface area contributed by atoms with Crippen LogP contribution in [0.3, 0.4) is 0 Å². The average molecular weight is 257 g/mol. The summed E-state index contributed by atoms with van der Waals surface area (Å²) < 4.78 is 0. The van der Waals surface area contributed by atoms with E-state index < -0.39 is 4.92 Å². The van der Waals surface area contributed by atoms with E-state index in [4.69, 9.17) is 11.6 Å². The van der Waals surface area contributed by atoms with Crippen LogP contribution in [-0.4, -0.2) is 21.4 Å². The van der Waals surface area contributed by atoms with E-state index in [1.54, 1.807) is 6.92 Å². The lowest BCUT2D eigenvalue weighted by Gasteiger charge is -2.07. The minimum Gasteiger partial charge on any atom is -0.364 e. The normalized spacial score (nSPS) is 14.7. The Morgan fingerprint density at radius 2 is 2.24 bits per heavy atom. The molecule has 1 saturated carbocycles. The Morgan fingerprint density at radius 1 is 1.53 bits per heavy atom. The fourth-order valence-corrected chi connectivity index (χ4v) is 1.89. The molecule has 2 rings (SSSR count). The lowest BCUT2D eigenvalue weighted by molar-refractivity contribution is -0.385. The van der Waals surface area contributed by atoms with Crippen LogP contribution in [0.2, 0.25) is 5.28 Å². The van der Waals surface area contributed by atoms with Crippen molar-refractivity contribution in [3.8, 4) is 0 Å². The predicted molar refractivity (Wildman–Crippen MR) is 64.3 cm³/mol. The van der Waals surface area contributed by atoms with Crippen LogP contribution in [0.5, 0.6) is 0 Å². The van der Waals surface area contributed by atoms with E-state index in [1.807, 2.05) is 0 Å². The highest BCUT2D eigenvalue weighted by Crippen LogP contribution is 2.33. The van der Waals surface area contributed by atoms with Crippen LogP contribution in [-0.2, 0) is 0 Å². The number of rotatable bonds is 5. The molecule has 0 amide bonds. The van der Waals surface area contributed by atoms with Crippen LogP contribution < -0.4 is 5.32 Å². The molecule has 0 saturated heterocycles. The first kappa shape index (κ1) is 12.0. The van der Waals surface area contributed by atoms with Crippen LogP contribution in [0, 0.1) is 23.0 Å². The lowest BCUT2D eigenvalue weighted by atomic mass is 10.3. The van der Waals surface area contributed by atoms with E-state index in [2.05, 4.69) is 15.3 Å². The largest absolute Gasteiger partial charge is 0.364 e. The summed E-state index contributed by atoms with van der Waals surface area (Å²) in [7, 11) is 0. The third kappa shape index (κ3) is 3.03. The Labute approximate surface area is 104 Å². The van der Waals surface area contributed by atoms with Gasteiger partial charge in [-0.1, -0.05) is 12.8 Å². The maximum Gasteiger partial charge on any atom is 0.332 e. The summed E-state index contributed by atoms with van der Waals surface area (Å²) in [5.41, 5.74) is 0.189. The number of hydrogen-bond donors (Lipinski definition) is 1. The van der Waals surface area contributed by atoms with Crippen molar-refractivity contribution in [2.24, 2.45) is 5.92 Å². The van der Waals surface area contributed by atoms with E-state index in [1.165, 1.54) is 12.8 Å². The second-order valence-electron chi connectivity index (χ2n) is 4.19. The molecule has 7 heteroatoms. The molecule has 1 aliphatic rings. The van der Waals surface area contributed by atoms with Gasteiger partial charge in [0.15, 0.2) is 0 Å². The molecule has 0 atom stereocenters. The average Bonchev–Trinajstić information content (AvgIpc) is 2.99. The SMILES string of the molecule is Cc1nc(Cl)nc(NCCC2CC2)c1[N+](=O)[O-]. The zero-order valence-electron chi connectivity index (χ0n) is 9.44. The Morgan fingerprint density at radius 3 is 2.82 bits per heavy atom. The highest BCUT2D eigenvalue weighted by atomic mass is 35.5. The van der Waals surface area contributed by atoms with Crippen LogP contribution in [0.4, 0.5) is 11.5 Å². The highest BCUT2D eigenvalue weighted by molar-refractivity contribution is 6.28. The standard InChI is InChI=1S/C10H13ClN4O2/c1-6-8(15(16)17)9(14-10(11)13-6)12-5-4-7-2-3-7/h7H,2-5H2,1H3,(H,12,13,14). The van der Waals surface area contributed by atoms with Gasteiger partial charge in [0.1, 0.15) is 5.69 Å². The van der Waals surface area contributed by atoms with Crippen molar-refractivity contribution in [2.45, 2.75) is 26.2 Å². The Bertz CT molecular complexity index is 448. The van der Waals surface area contributed by atoms with E-state index >= 15 is 0 Å². The zero-order valence-corrected chi connectivity index (χ0v) is 10.2. The Balaban J connectivity index is 2.14. The molecule has 1 fully saturated rings. The fourth-order valence-electron chi connectivity index (χ4n) is 1.68. The van der Waals surface area contributed by atoms with E-state index in [-0.39, 0.29) is 22.5 Å². The van der Waals surface area contributed by atoms with E-state index in [0.717, 1.165) is 12.3 Å². The van der Waals surface area contributed by atoms with Gasteiger partial charge in [-0.25, -0.2) is 4.98 Å². The maximum atomic E-state index is 10.9. The zero-order chi connectivity index (χ0) is 12.4. The molecule has 17 heavy (non-hydrogen) atoms. The number of aromatic nitrogens is 2. The van der Waals surface area contributed by atoms with Crippen molar-refractivity contribution in [1.82, 2.24) is 9.97 Å². The molecular formula is C10H13ClN4O2. The van der Waals surface area contributed by atoms with Crippen molar-refractivity contribution in [3.63, 3.8) is 0 Å². The number of nitro groups is 1. The molecule has 92 valence electrons. The molecule has 0 bridgehead atoms. The third-order valence-corrected chi connectivity index (χ3v) is 2.92. The minimum atomic E-state index is -0.481. The minimum absolute atomic E-state index is 0.0296. The lowest BCUT2D eigenvalue weighted by Crippen LogP contribution is -2.09. The van der Waals surface area contributed by atoms with Gasteiger partial charge in [0.05, 0.1) is 4.92 Å². The molecular weight excluding hydrogens is 244 g/mol. The summed E-state index contributed by atoms with van der Waals surface area (Å²) in [5.74, 6) is 0.980. The van der Waals surface area contributed by atoms with E-state index in [9.17, 15) is 10.1 Å². The molecule has 0 spiro atoms. The second-order valence-corrected chi connectivity index (χ2v) is 4.53. The summed E-state index contributed by atoms with van der Waals surface area (Å²) in [6.45, 7) is 2.23. The predicted octanol–water partition coefficient (Wildman–Crippen LogP) is 2.56. The van der Waals surface area contributed by atoms with Gasteiger partial charge in [-0.3, -0.25) is 10.1 Å². The van der Waals surface area contributed by atoms with Gasteiger partial charge >= 0.3 is 5.69 Å². The topological polar surface area (TPSA) is 81.0 Å². The van der Waals surface area contributed by atoms with Crippen LogP contribution in [0.1, 0.15) is 25.0 Å². The van der Waals surface area contributed by atoms with Gasteiger partial charge < -0.3 is 5.32 Å². The first-order valence-corrected chi connectivity index (χ1v) is 5.88. The first-order valence-electron chi connectivity index (χ1n) is 5.50. The van der Waals surface area contributed by atoms with Crippen molar-refractivity contribution in [1.29, 1.82) is 0 Å². The summed E-state index contributed by atoms with van der Waals surface area (Å²) in [6, 6.07) is 0. The van der Waals surface area contributed by atoms with Gasteiger partial charge in [-0.2, -0.15) is 4.98 Å². The molecule has 0 aromatic carbocycles. The molecule has 6 nitrogen and oxygen atoms in total. The Hall–Kier alpha value is -1.43. The summed E-state index contributed by atoms with van der Waals surface area (Å²) >= 11 is 5.70. The number of hydrogen-bond acceptors (Lipinski definition) is 5. The van der Waals surface area contributed by atoms with Crippen LogP contribution in [0.15, 0.2) is 0 Å². The molecule has 0 aliphatic heterocycles.